The van der Waals surface area contributed by atoms with Gasteiger partial charge in [-0.05, 0) is 51.4 Å². The van der Waals surface area contributed by atoms with Crippen LogP contribution in [0.1, 0.15) is 136 Å². The number of phosphoric ester groups is 1. The second kappa shape index (κ2) is 30.0. The predicted molar refractivity (Wildman–Crippen MR) is 216 cm³/mol. The molecule has 0 aromatic rings. The van der Waals surface area contributed by atoms with Crippen LogP contribution in [0.15, 0.2) is 36.5 Å². The van der Waals surface area contributed by atoms with Crippen LogP contribution in [0.4, 0.5) is 0 Å². The third-order valence-electron chi connectivity index (χ3n) is 9.51. The SMILES string of the molecule is CCCC/C=C\CCCCCCCC(=O)OC[C@H](COP(=O)(O)OCC[N+](C)(C)C)OC(=O)CCC/C=C\C[C@H]1C(=O)C[C@@H](O)[C@@H]1/C=C/[C@@H](O)CCCCC. The molecule has 0 saturated heterocycles. The summed E-state index contributed by atoms with van der Waals surface area (Å²) in [5.74, 6) is -1.74. The van der Waals surface area contributed by atoms with Crippen LogP contribution in [0.2, 0.25) is 0 Å². The van der Waals surface area contributed by atoms with Crippen molar-refractivity contribution in [3.63, 3.8) is 0 Å². The van der Waals surface area contributed by atoms with Gasteiger partial charge in [0.1, 0.15) is 25.5 Å². The number of Topliss-reactive ketones (excluding diaryl/α,β-unsaturated/α-hetero) is 1. The van der Waals surface area contributed by atoms with Gasteiger partial charge in [0, 0.05) is 31.1 Å². The monoisotopic (exact) mass is 801 g/mol. The van der Waals surface area contributed by atoms with Gasteiger partial charge >= 0.3 is 19.8 Å². The maximum Gasteiger partial charge on any atom is 0.472 e. The number of esters is 2. The van der Waals surface area contributed by atoms with Gasteiger partial charge in [0.15, 0.2) is 6.10 Å². The molecule has 0 aliphatic heterocycles. The Kier molecular flexibility index (Phi) is 27.7. The van der Waals surface area contributed by atoms with Gasteiger partial charge in [-0.15, -0.1) is 0 Å². The lowest BCUT2D eigenvalue weighted by Crippen LogP contribution is -2.37. The van der Waals surface area contributed by atoms with Crippen molar-refractivity contribution >= 4 is 25.5 Å². The van der Waals surface area contributed by atoms with Crippen molar-refractivity contribution in [1.29, 1.82) is 0 Å². The highest BCUT2D eigenvalue weighted by Crippen LogP contribution is 2.43. The molecular formula is C42H75NO11P+. The third kappa shape index (κ3) is 27.2. The molecule has 3 N–H and O–H groups in total. The van der Waals surface area contributed by atoms with Gasteiger partial charge in [-0.1, -0.05) is 102 Å². The summed E-state index contributed by atoms with van der Waals surface area (Å²) in [6.07, 6.45) is 24.2. The normalized spacial score (nSPS) is 20.1. The Morgan fingerprint density at radius 1 is 0.836 bits per heavy atom. The molecule has 0 bridgehead atoms. The van der Waals surface area contributed by atoms with Gasteiger partial charge in [0.2, 0.25) is 0 Å². The molecule has 6 atom stereocenters. The van der Waals surface area contributed by atoms with Crippen LogP contribution in [0, 0.1) is 11.8 Å². The first-order valence-corrected chi connectivity index (χ1v) is 22.3. The largest absolute Gasteiger partial charge is 0.472 e. The van der Waals surface area contributed by atoms with Gasteiger partial charge in [-0.25, -0.2) is 4.57 Å². The van der Waals surface area contributed by atoms with E-state index in [0.29, 0.717) is 43.1 Å². The Morgan fingerprint density at radius 2 is 1.47 bits per heavy atom. The number of hydrogen-bond acceptors (Lipinski definition) is 10. The maximum absolute atomic E-state index is 12.8. The third-order valence-corrected chi connectivity index (χ3v) is 10.5. The lowest BCUT2D eigenvalue weighted by atomic mass is 9.90. The molecule has 1 fully saturated rings. The van der Waals surface area contributed by atoms with Crippen LogP contribution >= 0.6 is 7.82 Å². The number of rotatable bonds is 33. The summed E-state index contributed by atoms with van der Waals surface area (Å²) < 4.78 is 34.1. The van der Waals surface area contributed by atoms with Gasteiger partial charge in [0.25, 0.3) is 0 Å². The van der Waals surface area contributed by atoms with Crippen LogP contribution in [-0.2, 0) is 37.5 Å². The molecule has 55 heavy (non-hydrogen) atoms. The number of phosphoric acid groups is 1. The number of hydrogen-bond donors (Lipinski definition) is 3. The number of ketones is 1. The zero-order valence-corrected chi connectivity index (χ0v) is 35.5. The van der Waals surface area contributed by atoms with Gasteiger partial charge in [0.05, 0.1) is 40.0 Å². The quantitative estimate of drug-likeness (QED) is 0.0194. The lowest BCUT2D eigenvalue weighted by Gasteiger charge is -2.24. The zero-order valence-electron chi connectivity index (χ0n) is 34.6. The Hall–Kier alpha value is -2.18. The van der Waals surface area contributed by atoms with Crippen molar-refractivity contribution in [2.75, 3.05) is 47.5 Å². The second-order valence-corrected chi connectivity index (χ2v) is 17.2. The topological polar surface area (TPSA) is 166 Å². The average molecular weight is 801 g/mol. The van der Waals surface area contributed by atoms with Crippen LogP contribution in [0.5, 0.6) is 0 Å². The van der Waals surface area contributed by atoms with E-state index in [2.05, 4.69) is 26.0 Å². The molecule has 1 aliphatic carbocycles. The Morgan fingerprint density at radius 3 is 2.18 bits per heavy atom. The zero-order chi connectivity index (χ0) is 41.0. The van der Waals surface area contributed by atoms with E-state index in [-0.39, 0.29) is 50.1 Å². The number of likely N-dealkylation sites (N-methyl/N-ethyl adjacent to an activating group) is 1. The fraction of sp³-hybridized carbons (Fsp3) is 0.786. The number of carbonyl (C=O) groups excluding carboxylic acids is 3. The molecule has 0 aromatic carbocycles. The second-order valence-electron chi connectivity index (χ2n) is 15.8. The van der Waals surface area contributed by atoms with Crippen LogP contribution in [0.3, 0.4) is 0 Å². The van der Waals surface area contributed by atoms with Gasteiger partial charge < -0.3 is 29.1 Å². The first-order valence-electron chi connectivity index (χ1n) is 20.8. The van der Waals surface area contributed by atoms with E-state index in [9.17, 15) is 34.1 Å². The number of unbranched alkanes of at least 4 members (excludes halogenated alkanes) is 10. The number of aliphatic hydroxyl groups is 2. The molecule has 12 nitrogen and oxygen atoms in total. The van der Waals surface area contributed by atoms with Crippen molar-refractivity contribution in [2.45, 2.75) is 154 Å². The molecule has 0 radical (unpaired) electrons. The summed E-state index contributed by atoms with van der Waals surface area (Å²) in [7, 11) is 1.30. The highest BCUT2D eigenvalue weighted by Gasteiger charge is 2.39. The average Bonchev–Trinajstić information content (AvgIpc) is 3.39. The molecule has 0 amide bonds. The summed E-state index contributed by atoms with van der Waals surface area (Å²) in [6, 6.07) is 0. The summed E-state index contributed by atoms with van der Waals surface area (Å²) in [6.45, 7) is 3.93. The van der Waals surface area contributed by atoms with E-state index in [0.717, 1.165) is 57.8 Å². The fourth-order valence-electron chi connectivity index (χ4n) is 6.09. The van der Waals surface area contributed by atoms with E-state index in [1.807, 2.05) is 33.3 Å². The Bertz CT molecular complexity index is 1200. The number of aliphatic hydroxyl groups excluding tert-OH is 2. The fourth-order valence-corrected chi connectivity index (χ4v) is 6.83. The minimum Gasteiger partial charge on any atom is -0.462 e. The van der Waals surface area contributed by atoms with E-state index < -0.39 is 44.7 Å². The summed E-state index contributed by atoms with van der Waals surface area (Å²) in [4.78, 5) is 48.0. The lowest BCUT2D eigenvalue weighted by molar-refractivity contribution is -0.870. The molecule has 1 saturated carbocycles. The highest BCUT2D eigenvalue weighted by atomic mass is 31.2. The van der Waals surface area contributed by atoms with Crippen molar-refractivity contribution < 1.29 is 57.1 Å². The Labute approximate surface area is 331 Å². The molecule has 318 valence electrons. The van der Waals surface area contributed by atoms with E-state index in [4.69, 9.17) is 18.5 Å². The first-order chi connectivity index (χ1) is 26.2. The van der Waals surface area contributed by atoms with Gasteiger partial charge in [-0.2, -0.15) is 0 Å². The summed E-state index contributed by atoms with van der Waals surface area (Å²) in [5, 5.41) is 20.7. The summed E-state index contributed by atoms with van der Waals surface area (Å²) >= 11 is 0. The molecule has 1 aliphatic rings. The molecular weight excluding hydrogens is 725 g/mol. The molecule has 1 rings (SSSR count). The standard InChI is InChI=1S/C42H74NO11P/c1-6-8-10-11-12-13-14-15-16-17-22-26-41(47)51-33-36(34-53-55(49,50)52-31-30-43(3,4)5)54-42(48)27-23-19-18-21-25-37-38(40(46)32-39(37)45)29-28-35(44)24-20-9-7-2/h11-12,18,21,28-29,35-38,40,44,46H,6-10,13-17,19-20,22-27,30-34H2,1-5H3/p+1/b12-11-,21-18-,29-28+/t35-,36+,37+,38+,40+/m0/s1. The minimum absolute atomic E-state index is 0.00678. The van der Waals surface area contributed by atoms with Crippen LogP contribution in [0.25, 0.3) is 0 Å². The van der Waals surface area contributed by atoms with Crippen molar-refractivity contribution in [2.24, 2.45) is 11.8 Å². The molecule has 0 heterocycles. The number of allylic oxidation sites excluding steroid dienone is 4. The number of ether oxygens (including phenoxy) is 2. The van der Waals surface area contributed by atoms with E-state index in [1.54, 1.807) is 12.2 Å². The molecule has 1 unspecified atom stereocenters. The van der Waals surface area contributed by atoms with Crippen LogP contribution < -0.4 is 0 Å². The van der Waals surface area contributed by atoms with E-state index >= 15 is 0 Å². The number of nitrogens with zero attached hydrogens (tertiary/aromatic N) is 1. The number of carbonyl (C=O) groups is 3. The van der Waals surface area contributed by atoms with Crippen molar-refractivity contribution in [3.05, 3.63) is 36.5 Å². The van der Waals surface area contributed by atoms with E-state index in [1.165, 1.54) is 12.8 Å². The van der Waals surface area contributed by atoms with Crippen molar-refractivity contribution in [3.8, 4) is 0 Å². The number of quaternary nitrogens is 1. The Balaban J connectivity index is 2.57. The first kappa shape index (κ1) is 50.8. The molecule has 0 aromatic heterocycles. The summed E-state index contributed by atoms with van der Waals surface area (Å²) in [5.41, 5.74) is 0. The molecule has 0 spiro atoms. The highest BCUT2D eigenvalue weighted by molar-refractivity contribution is 7.47. The van der Waals surface area contributed by atoms with Crippen molar-refractivity contribution in [1.82, 2.24) is 0 Å². The molecule has 13 heteroatoms. The van der Waals surface area contributed by atoms with Crippen LogP contribution in [-0.4, -0.2) is 103 Å². The maximum atomic E-state index is 12.8. The predicted octanol–water partition coefficient (Wildman–Crippen LogP) is 7.94. The van der Waals surface area contributed by atoms with Gasteiger partial charge in [-0.3, -0.25) is 23.4 Å². The smallest absolute Gasteiger partial charge is 0.462 e. The minimum atomic E-state index is -4.45.